The number of nitrogens with one attached hydrogen (secondary N) is 1. The second-order valence-corrected chi connectivity index (χ2v) is 3.15. The van der Waals surface area contributed by atoms with Crippen molar-refractivity contribution in [2.45, 2.75) is 25.3 Å². The highest BCUT2D eigenvalue weighted by Crippen LogP contribution is 2.31. The summed E-state index contributed by atoms with van der Waals surface area (Å²) in [6.45, 7) is 2.44. The van der Waals surface area contributed by atoms with Gasteiger partial charge in [-0.1, -0.05) is 0 Å². The average Bonchev–Trinajstić information content (AvgIpc) is 2.37. The minimum atomic E-state index is -2.70. The van der Waals surface area contributed by atoms with E-state index in [1.54, 1.807) is 0 Å². The van der Waals surface area contributed by atoms with Crippen LogP contribution in [0.15, 0.2) is 0 Å². The molecule has 1 aliphatic rings. The van der Waals surface area contributed by atoms with Crippen LogP contribution in [-0.2, 0) is 0 Å². The van der Waals surface area contributed by atoms with Gasteiger partial charge in [0.25, 0.3) is 5.92 Å². The molecule has 0 radical (unpaired) electrons. The molecule has 1 aliphatic heterocycles. The molecule has 0 spiro atoms. The van der Waals surface area contributed by atoms with Crippen LogP contribution in [0.5, 0.6) is 0 Å². The first-order chi connectivity index (χ1) is 5.05. The number of nitrogens with two attached hydrogens (primary N) is 1. The SMILES string of the molecule is CC(N)C(F)(F)C1CCNC1. The highest BCUT2D eigenvalue weighted by atomic mass is 19.3. The first-order valence-electron chi connectivity index (χ1n) is 3.89. The third kappa shape index (κ3) is 1.68. The van der Waals surface area contributed by atoms with Gasteiger partial charge in [0.2, 0.25) is 0 Å². The maximum atomic E-state index is 13.1. The van der Waals surface area contributed by atoms with Crippen molar-refractivity contribution in [3.8, 4) is 0 Å². The molecule has 66 valence electrons. The van der Waals surface area contributed by atoms with Crippen molar-refractivity contribution in [3.63, 3.8) is 0 Å². The van der Waals surface area contributed by atoms with Crippen LogP contribution in [0.2, 0.25) is 0 Å². The molecule has 1 heterocycles. The van der Waals surface area contributed by atoms with E-state index < -0.39 is 17.9 Å². The van der Waals surface area contributed by atoms with Gasteiger partial charge >= 0.3 is 0 Å². The normalized spacial score (nSPS) is 28.9. The van der Waals surface area contributed by atoms with Crippen LogP contribution in [0.25, 0.3) is 0 Å². The summed E-state index contributed by atoms with van der Waals surface area (Å²) in [6.07, 6.45) is 0.536. The molecule has 2 nitrogen and oxygen atoms in total. The fourth-order valence-electron chi connectivity index (χ4n) is 1.35. The summed E-state index contributed by atoms with van der Waals surface area (Å²) >= 11 is 0. The molecule has 0 amide bonds. The van der Waals surface area contributed by atoms with Gasteiger partial charge in [-0.3, -0.25) is 0 Å². The van der Waals surface area contributed by atoms with Gasteiger partial charge in [0.1, 0.15) is 0 Å². The van der Waals surface area contributed by atoms with Crippen LogP contribution in [0.3, 0.4) is 0 Å². The summed E-state index contributed by atoms with van der Waals surface area (Å²) in [5, 5.41) is 2.90. The van der Waals surface area contributed by atoms with Gasteiger partial charge in [0, 0.05) is 12.5 Å². The zero-order valence-corrected chi connectivity index (χ0v) is 6.61. The third-order valence-electron chi connectivity index (χ3n) is 2.21. The van der Waals surface area contributed by atoms with Crippen molar-refractivity contribution in [2.75, 3.05) is 13.1 Å². The second kappa shape index (κ2) is 3.03. The number of hydrogen-bond acceptors (Lipinski definition) is 2. The molecule has 0 aromatic carbocycles. The van der Waals surface area contributed by atoms with Crippen molar-refractivity contribution in [3.05, 3.63) is 0 Å². The van der Waals surface area contributed by atoms with Crippen molar-refractivity contribution in [2.24, 2.45) is 11.7 Å². The molecular weight excluding hydrogens is 150 g/mol. The van der Waals surface area contributed by atoms with Gasteiger partial charge in [0.05, 0.1) is 6.04 Å². The lowest BCUT2D eigenvalue weighted by molar-refractivity contribution is -0.0683. The summed E-state index contributed by atoms with van der Waals surface area (Å²) in [7, 11) is 0. The van der Waals surface area contributed by atoms with E-state index in [4.69, 9.17) is 5.73 Å². The van der Waals surface area contributed by atoms with Gasteiger partial charge in [-0.25, -0.2) is 8.78 Å². The fourth-order valence-corrected chi connectivity index (χ4v) is 1.35. The van der Waals surface area contributed by atoms with Crippen molar-refractivity contribution >= 4 is 0 Å². The molecular formula is C7H14F2N2. The Balaban J connectivity index is 2.55. The predicted molar refractivity (Wildman–Crippen MR) is 39.6 cm³/mol. The fraction of sp³-hybridized carbons (Fsp3) is 1.00. The maximum absolute atomic E-state index is 13.1. The lowest BCUT2D eigenvalue weighted by atomic mass is 9.95. The molecule has 2 atom stereocenters. The van der Waals surface area contributed by atoms with Crippen molar-refractivity contribution in [1.82, 2.24) is 5.32 Å². The Hall–Kier alpha value is -0.220. The van der Waals surface area contributed by atoms with Crippen LogP contribution >= 0.6 is 0 Å². The molecule has 1 fully saturated rings. The van der Waals surface area contributed by atoms with Crippen molar-refractivity contribution < 1.29 is 8.78 Å². The van der Waals surface area contributed by atoms with Gasteiger partial charge in [-0.2, -0.15) is 0 Å². The van der Waals surface area contributed by atoms with E-state index in [2.05, 4.69) is 5.32 Å². The number of rotatable bonds is 2. The molecule has 4 heteroatoms. The van der Waals surface area contributed by atoms with Gasteiger partial charge < -0.3 is 11.1 Å². The number of hydrogen-bond donors (Lipinski definition) is 2. The minimum absolute atomic E-state index is 0.397. The molecule has 3 N–H and O–H groups in total. The van der Waals surface area contributed by atoms with E-state index in [9.17, 15) is 8.78 Å². The van der Waals surface area contributed by atoms with E-state index in [-0.39, 0.29) is 0 Å². The topological polar surface area (TPSA) is 38.0 Å². The molecule has 0 aromatic heterocycles. The van der Waals surface area contributed by atoms with E-state index in [0.29, 0.717) is 19.5 Å². The largest absolute Gasteiger partial charge is 0.323 e. The Kier molecular flexibility index (Phi) is 2.44. The predicted octanol–water partition coefficient (Wildman–Crippen LogP) is 0.578. The van der Waals surface area contributed by atoms with E-state index in [1.807, 2.05) is 0 Å². The zero-order chi connectivity index (χ0) is 8.48. The first kappa shape index (κ1) is 8.87. The van der Waals surface area contributed by atoms with Gasteiger partial charge in [-0.15, -0.1) is 0 Å². The smallest absolute Gasteiger partial charge is 0.266 e. The summed E-state index contributed by atoms with van der Waals surface area (Å²) < 4.78 is 26.2. The Bertz CT molecular complexity index is 130. The zero-order valence-electron chi connectivity index (χ0n) is 6.61. The van der Waals surface area contributed by atoms with Crippen LogP contribution in [-0.4, -0.2) is 25.1 Å². The highest BCUT2D eigenvalue weighted by molar-refractivity contribution is 4.89. The summed E-state index contributed by atoms with van der Waals surface area (Å²) in [4.78, 5) is 0. The molecule has 1 saturated heterocycles. The quantitative estimate of drug-likeness (QED) is 0.626. The number of alkyl halides is 2. The average molecular weight is 164 g/mol. The monoisotopic (exact) mass is 164 g/mol. The lowest BCUT2D eigenvalue weighted by Crippen LogP contribution is -2.45. The van der Waals surface area contributed by atoms with E-state index in [1.165, 1.54) is 6.92 Å². The second-order valence-electron chi connectivity index (χ2n) is 3.15. The number of halogens is 2. The Morgan fingerprint density at radius 3 is 2.64 bits per heavy atom. The summed E-state index contributed by atoms with van der Waals surface area (Å²) in [5.41, 5.74) is 5.17. The van der Waals surface area contributed by atoms with Gasteiger partial charge in [-0.05, 0) is 19.9 Å². The Morgan fingerprint density at radius 1 is 1.64 bits per heavy atom. The highest BCUT2D eigenvalue weighted by Gasteiger charge is 2.43. The van der Waals surface area contributed by atoms with Crippen LogP contribution in [0, 0.1) is 5.92 Å². The lowest BCUT2D eigenvalue weighted by Gasteiger charge is -2.25. The molecule has 11 heavy (non-hydrogen) atoms. The van der Waals surface area contributed by atoms with Crippen LogP contribution in [0.1, 0.15) is 13.3 Å². The standard InChI is InChI=1S/C7H14F2N2/c1-5(10)7(8,9)6-2-3-11-4-6/h5-6,11H,2-4,10H2,1H3. The summed E-state index contributed by atoms with van der Waals surface area (Å²) in [6, 6.07) is -1.03. The Morgan fingerprint density at radius 2 is 2.27 bits per heavy atom. The molecule has 0 aromatic rings. The Labute approximate surface area is 65.1 Å². The van der Waals surface area contributed by atoms with E-state index in [0.717, 1.165) is 0 Å². The maximum Gasteiger partial charge on any atom is 0.266 e. The third-order valence-corrected chi connectivity index (χ3v) is 2.21. The van der Waals surface area contributed by atoms with Crippen LogP contribution < -0.4 is 11.1 Å². The molecule has 0 saturated carbocycles. The van der Waals surface area contributed by atoms with E-state index >= 15 is 0 Å². The first-order valence-corrected chi connectivity index (χ1v) is 3.89. The molecule has 0 bridgehead atoms. The molecule has 0 aliphatic carbocycles. The minimum Gasteiger partial charge on any atom is -0.323 e. The van der Waals surface area contributed by atoms with Gasteiger partial charge in [0.15, 0.2) is 0 Å². The summed E-state index contributed by atoms with van der Waals surface area (Å²) in [5.74, 6) is -3.27. The molecule has 2 unspecified atom stereocenters. The van der Waals surface area contributed by atoms with Crippen molar-refractivity contribution in [1.29, 1.82) is 0 Å². The van der Waals surface area contributed by atoms with Crippen LogP contribution in [0.4, 0.5) is 8.78 Å². The molecule has 1 rings (SSSR count).